The summed E-state index contributed by atoms with van der Waals surface area (Å²) in [4.78, 5) is 35.1. The fraction of sp³-hybridized carbons (Fsp3) is 0.222. The fourth-order valence-electron chi connectivity index (χ4n) is 2.22. The summed E-state index contributed by atoms with van der Waals surface area (Å²) < 4.78 is 10.2. The van der Waals surface area contributed by atoms with Crippen LogP contribution in [0.5, 0.6) is 5.75 Å². The minimum absolute atomic E-state index is 0.00351. The molecule has 1 N–H and O–H groups in total. The number of carbonyl (C=O) groups is 2. The predicted molar refractivity (Wildman–Crippen MR) is 94.6 cm³/mol. The van der Waals surface area contributed by atoms with Crippen LogP contribution < -0.4 is 10.1 Å². The van der Waals surface area contributed by atoms with Gasteiger partial charge in [-0.05, 0) is 24.6 Å². The second kappa shape index (κ2) is 8.61. The molecule has 0 aliphatic rings. The molecule has 1 amide bonds. The largest absolute Gasteiger partial charge is 0.496 e. The maximum absolute atomic E-state index is 12.6. The Balaban J connectivity index is 2.38. The number of rotatable bonds is 7. The second-order valence-electron chi connectivity index (χ2n) is 5.28. The van der Waals surface area contributed by atoms with Gasteiger partial charge < -0.3 is 14.8 Å². The SMILES string of the molecule is CCCOC(=O)c1ccc([N+](=O)[O-])cc1NC(=O)c1ccccc1OC. The molecule has 0 radical (unpaired) electrons. The summed E-state index contributed by atoms with van der Waals surface area (Å²) in [6, 6.07) is 10.1. The topological polar surface area (TPSA) is 108 Å². The van der Waals surface area contributed by atoms with E-state index in [1.165, 1.54) is 19.2 Å². The third-order valence-corrected chi connectivity index (χ3v) is 3.47. The van der Waals surface area contributed by atoms with Crippen molar-refractivity contribution in [1.29, 1.82) is 0 Å². The Labute approximate surface area is 149 Å². The number of para-hydroxylation sites is 1. The van der Waals surface area contributed by atoms with Gasteiger partial charge in [0.15, 0.2) is 0 Å². The Morgan fingerprint density at radius 1 is 1.15 bits per heavy atom. The Morgan fingerprint density at radius 2 is 1.88 bits per heavy atom. The van der Waals surface area contributed by atoms with Gasteiger partial charge in [-0.3, -0.25) is 14.9 Å². The number of carbonyl (C=O) groups excluding carboxylic acids is 2. The highest BCUT2D eigenvalue weighted by Crippen LogP contribution is 2.25. The van der Waals surface area contributed by atoms with E-state index in [0.717, 1.165) is 6.07 Å². The molecule has 8 heteroatoms. The van der Waals surface area contributed by atoms with Crippen LogP contribution in [0, 0.1) is 10.1 Å². The number of non-ortho nitro benzene ring substituents is 1. The zero-order valence-corrected chi connectivity index (χ0v) is 14.4. The number of nitrogens with one attached hydrogen (secondary N) is 1. The molecular weight excluding hydrogens is 340 g/mol. The normalized spacial score (nSPS) is 10.1. The first-order valence-corrected chi connectivity index (χ1v) is 7.87. The maximum Gasteiger partial charge on any atom is 0.340 e. The van der Waals surface area contributed by atoms with Crippen molar-refractivity contribution in [3.05, 3.63) is 63.7 Å². The number of esters is 1. The van der Waals surface area contributed by atoms with E-state index in [9.17, 15) is 19.7 Å². The first kappa shape index (κ1) is 18.9. The molecule has 0 saturated heterocycles. The lowest BCUT2D eigenvalue weighted by Gasteiger charge is -2.12. The van der Waals surface area contributed by atoms with E-state index >= 15 is 0 Å². The van der Waals surface area contributed by atoms with E-state index in [1.807, 2.05) is 6.92 Å². The molecule has 0 unspecified atom stereocenters. The summed E-state index contributed by atoms with van der Waals surface area (Å²) in [6.45, 7) is 2.04. The van der Waals surface area contributed by atoms with Crippen molar-refractivity contribution in [1.82, 2.24) is 0 Å². The number of nitro benzene ring substituents is 1. The van der Waals surface area contributed by atoms with Crippen molar-refractivity contribution in [3.63, 3.8) is 0 Å². The number of nitrogens with zero attached hydrogens (tertiary/aromatic N) is 1. The molecule has 8 nitrogen and oxygen atoms in total. The van der Waals surface area contributed by atoms with Crippen LogP contribution in [0.15, 0.2) is 42.5 Å². The summed E-state index contributed by atoms with van der Waals surface area (Å²) in [7, 11) is 1.42. The van der Waals surface area contributed by atoms with Crippen LogP contribution in [-0.4, -0.2) is 30.5 Å². The highest BCUT2D eigenvalue weighted by atomic mass is 16.6. The predicted octanol–water partition coefficient (Wildman–Crippen LogP) is 3.42. The molecule has 0 aliphatic carbocycles. The minimum Gasteiger partial charge on any atom is -0.496 e. The summed E-state index contributed by atoms with van der Waals surface area (Å²) in [6.07, 6.45) is 0.627. The van der Waals surface area contributed by atoms with Crippen LogP contribution in [0.4, 0.5) is 11.4 Å². The van der Waals surface area contributed by atoms with Crippen molar-refractivity contribution >= 4 is 23.3 Å². The van der Waals surface area contributed by atoms with Gasteiger partial charge in [0.2, 0.25) is 0 Å². The van der Waals surface area contributed by atoms with Gasteiger partial charge in [-0.1, -0.05) is 19.1 Å². The number of hydrogen-bond acceptors (Lipinski definition) is 6. The van der Waals surface area contributed by atoms with Crippen molar-refractivity contribution < 1.29 is 24.0 Å². The summed E-state index contributed by atoms with van der Waals surface area (Å²) in [5, 5.41) is 13.5. The lowest BCUT2D eigenvalue weighted by Crippen LogP contribution is -2.17. The van der Waals surface area contributed by atoms with E-state index in [-0.39, 0.29) is 29.1 Å². The van der Waals surface area contributed by atoms with Crippen molar-refractivity contribution in [2.75, 3.05) is 19.0 Å². The molecule has 0 aromatic heterocycles. The number of benzene rings is 2. The average molecular weight is 358 g/mol. The second-order valence-corrected chi connectivity index (χ2v) is 5.28. The molecule has 26 heavy (non-hydrogen) atoms. The van der Waals surface area contributed by atoms with Gasteiger partial charge in [-0.15, -0.1) is 0 Å². The van der Waals surface area contributed by atoms with Crippen molar-refractivity contribution in [2.45, 2.75) is 13.3 Å². The highest BCUT2D eigenvalue weighted by Gasteiger charge is 2.20. The standard InChI is InChI=1S/C18H18N2O6/c1-3-10-26-18(22)13-9-8-12(20(23)24)11-15(13)19-17(21)14-6-4-5-7-16(14)25-2/h4-9,11H,3,10H2,1-2H3,(H,19,21). The van der Waals surface area contributed by atoms with Gasteiger partial charge in [0.1, 0.15) is 5.75 Å². The van der Waals surface area contributed by atoms with E-state index in [4.69, 9.17) is 9.47 Å². The molecule has 0 saturated carbocycles. The van der Waals surface area contributed by atoms with E-state index in [0.29, 0.717) is 12.2 Å². The van der Waals surface area contributed by atoms with Gasteiger partial charge in [0, 0.05) is 12.1 Å². The van der Waals surface area contributed by atoms with Crippen LogP contribution in [-0.2, 0) is 4.74 Å². The first-order valence-electron chi connectivity index (χ1n) is 7.87. The molecule has 0 spiro atoms. The zero-order chi connectivity index (χ0) is 19.1. The number of ether oxygens (including phenoxy) is 2. The third kappa shape index (κ3) is 4.35. The lowest BCUT2D eigenvalue weighted by molar-refractivity contribution is -0.384. The van der Waals surface area contributed by atoms with E-state index in [2.05, 4.69) is 5.32 Å². The van der Waals surface area contributed by atoms with Gasteiger partial charge >= 0.3 is 5.97 Å². The van der Waals surface area contributed by atoms with Crippen LogP contribution >= 0.6 is 0 Å². The van der Waals surface area contributed by atoms with Gasteiger partial charge in [-0.25, -0.2) is 4.79 Å². The Kier molecular flexibility index (Phi) is 6.26. The molecule has 2 aromatic rings. The minimum atomic E-state index is -0.669. The Morgan fingerprint density at radius 3 is 2.54 bits per heavy atom. The molecular formula is C18H18N2O6. The molecule has 0 bridgehead atoms. The highest BCUT2D eigenvalue weighted by molar-refractivity contribution is 6.09. The number of hydrogen-bond donors (Lipinski definition) is 1. The smallest absolute Gasteiger partial charge is 0.340 e. The van der Waals surface area contributed by atoms with Crippen LogP contribution in [0.1, 0.15) is 34.1 Å². The summed E-state index contributed by atoms with van der Waals surface area (Å²) in [5.41, 5.74) is 0.00487. The molecule has 0 atom stereocenters. The number of methoxy groups -OCH3 is 1. The Bertz CT molecular complexity index is 834. The first-order chi connectivity index (χ1) is 12.5. The number of nitro groups is 1. The molecule has 0 fully saturated rings. The monoisotopic (exact) mass is 358 g/mol. The molecule has 136 valence electrons. The zero-order valence-electron chi connectivity index (χ0n) is 14.4. The van der Waals surface area contributed by atoms with Crippen LogP contribution in [0.3, 0.4) is 0 Å². The quantitative estimate of drug-likeness (QED) is 0.461. The lowest BCUT2D eigenvalue weighted by atomic mass is 10.1. The van der Waals surface area contributed by atoms with Crippen LogP contribution in [0.25, 0.3) is 0 Å². The van der Waals surface area contributed by atoms with Crippen LogP contribution in [0.2, 0.25) is 0 Å². The summed E-state index contributed by atoms with van der Waals surface area (Å²) in [5.74, 6) is -0.893. The van der Waals surface area contributed by atoms with Gasteiger partial charge in [0.05, 0.1) is 35.5 Å². The van der Waals surface area contributed by atoms with E-state index in [1.54, 1.807) is 24.3 Å². The third-order valence-electron chi connectivity index (χ3n) is 3.47. The summed E-state index contributed by atoms with van der Waals surface area (Å²) >= 11 is 0. The van der Waals surface area contributed by atoms with Crippen molar-refractivity contribution in [3.8, 4) is 5.75 Å². The maximum atomic E-state index is 12.6. The number of amides is 1. The van der Waals surface area contributed by atoms with Gasteiger partial charge in [-0.2, -0.15) is 0 Å². The van der Waals surface area contributed by atoms with Gasteiger partial charge in [0.25, 0.3) is 11.6 Å². The average Bonchev–Trinajstić information content (AvgIpc) is 2.65. The number of anilines is 1. The molecule has 2 rings (SSSR count). The molecule has 2 aromatic carbocycles. The molecule has 0 heterocycles. The van der Waals surface area contributed by atoms with Crippen molar-refractivity contribution in [2.24, 2.45) is 0 Å². The van der Waals surface area contributed by atoms with E-state index < -0.39 is 16.8 Å². The Hall–Kier alpha value is -3.42. The molecule has 0 aliphatic heterocycles. The fourth-order valence-corrected chi connectivity index (χ4v) is 2.22.